The van der Waals surface area contributed by atoms with Gasteiger partial charge in [-0.15, -0.1) is 0 Å². The van der Waals surface area contributed by atoms with Gasteiger partial charge < -0.3 is 14.4 Å². The van der Waals surface area contributed by atoms with Crippen LogP contribution in [-0.2, 0) is 4.74 Å². The van der Waals surface area contributed by atoms with Gasteiger partial charge in [-0.2, -0.15) is 5.53 Å². The zero-order valence-corrected chi connectivity index (χ0v) is 12.4. The Morgan fingerprint density at radius 2 is 2.10 bits per heavy atom. The highest BCUT2D eigenvalue weighted by Gasteiger charge is 2.18. The Morgan fingerprint density at radius 1 is 1.35 bits per heavy atom. The molecule has 20 heavy (non-hydrogen) atoms. The van der Waals surface area contributed by atoms with Crippen LogP contribution >= 0.6 is 0 Å². The van der Waals surface area contributed by atoms with Gasteiger partial charge in [0.1, 0.15) is 11.4 Å². The van der Waals surface area contributed by atoms with Crippen LogP contribution in [0.5, 0.6) is 5.75 Å². The second-order valence-electron chi connectivity index (χ2n) is 5.04. The number of aryl methyl sites for hydroxylation is 1. The quantitative estimate of drug-likeness (QED) is 0.638. The van der Waals surface area contributed by atoms with Crippen molar-refractivity contribution in [1.29, 1.82) is 0 Å². The van der Waals surface area contributed by atoms with Crippen LogP contribution < -0.4 is 15.2 Å². The van der Waals surface area contributed by atoms with Crippen LogP contribution in [0.3, 0.4) is 0 Å². The van der Waals surface area contributed by atoms with Crippen molar-refractivity contribution in [2.24, 2.45) is 5.11 Å². The molecule has 0 aromatic heterocycles. The number of morpholine rings is 1. The summed E-state index contributed by atoms with van der Waals surface area (Å²) in [5, 5.41) is 3.82. The summed E-state index contributed by atoms with van der Waals surface area (Å²) in [5.41, 5.74) is 8.41. The Kier molecular flexibility index (Phi) is 5.35. The van der Waals surface area contributed by atoms with E-state index < -0.39 is 0 Å². The van der Waals surface area contributed by atoms with Crippen molar-refractivity contribution in [2.45, 2.75) is 26.7 Å². The molecule has 1 aliphatic heterocycles. The molecule has 1 aromatic carbocycles. The maximum atomic E-state index is 5.93. The summed E-state index contributed by atoms with van der Waals surface area (Å²) in [7, 11) is 0. The van der Waals surface area contributed by atoms with Crippen molar-refractivity contribution in [3.63, 3.8) is 0 Å². The smallest absolute Gasteiger partial charge is 0.144 e. The largest absolute Gasteiger partial charge is 0.491 e. The number of benzene rings is 1. The fraction of sp³-hybridized carbons (Fsp3) is 0.600. The fourth-order valence-electron chi connectivity index (χ4n) is 2.29. The van der Waals surface area contributed by atoms with E-state index in [1.165, 1.54) is 0 Å². The highest BCUT2D eigenvalue weighted by atomic mass is 16.5. The SMILES string of the molecule is CCCCOc1cc(N=[NH2+])c(C)cc1N1CCOCC1. The van der Waals surface area contributed by atoms with Crippen LogP contribution in [0.1, 0.15) is 25.3 Å². The standard InChI is InChI=1S/C15H23N3O2/c1-3-4-7-20-15-11-13(17-16)12(2)10-14(15)18-5-8-19-9-6-18/h10-11,16H,3-9H2,1-2H3/p+1. The summed E-state index contributed by atoms with van der Waals surface area (Å²) < 4.78 is 11.3. The van der Waals surface area contributed by atoms with Gasteiger partial charge in [-0.3, -0.25) is 0 Å². The van der Waals surface area contributed by atoms with Crippen LogP contribution in [0.2, 0.25) is 0 Å². The molecule has 0 unspecified atom stereocenters. The second kappa shape index (κ2) is 7.24. The molecule has 1 aliphatic rings. The molecule has 1 fully saturated rings. The summed E-state index contributed by atoms with van der Waals surface area (Å²) in [4.78, 5) is 2.30. The average molecular weight is 278 g/mol. The molecule has 1 heterocycles. The third-order valence-electron chi connectivity index (χ3n) is 3.52. The van der Waals surface area contributed by atoms with E-state index in [1.807, 2.05) is 13.0 Å². The molecule has 0 atom stereocenters. The third-order valence-corrected chi connectivity index (χ3v) is 3.52. The van der Waals surface area contributed by atoms with Gasteiger partial charge in [0.15, 0.2) is 0 Å². The Bertz CT molecular complexity index is 457. The minimum atomic E-state index is 0.723. The third kappa shape index (κ3) is 3.48. The van der Waals surface area contributed by atoms with E-state index in [1.54, 1.807) is 0 Å². The number of nitrogens with two attached hydrogens (primary N) is 1. The van der Waals surface area contributed by atoms with E-state index in [0.29, 0.717) is 0 Å². The van der Waals surface area contributed by atoms with Crippen molar-refractivity contribution >= 4 is 11.4 Å². The average Bonchev–Trinajstić information content (AvgIpc) is 2.49. The zero-order chi connectivity index (χ0) is 14.4. The minimum absolute atomic E-state index is 0.723. The number of ether oxygens (including phenoxy) is 2. The highest BCUT2D eigenvalue weighted by Crippen LogP contribution is 2.35. The van der Waals surface area contributed by atoms with Gasteiger partial charge in [-0.25, -0.2) is 0 Å². The molecule has 2 N–H and O–H groups in total. The number of nitrogens with zero attached hydrogens (tertiary/aromatic N) is 2. The van der Waals surface area contributed by atoms with Crippen LogP contribution in [0, 0.1) is 6.92 Å². The van der Waals surface area contributed by atoms with Gasteiger partial charge in [0.2, 0.25) is 0 Å². The first-order chi connectivity index (χ1) is 9.76. The van der Waals surface area contributed by atoms with E-state index in [0.717, 1.165) is 68.4 Å². The molecule has 2 rings (SSSR count). The second-order valence-corrected chi connectivity index (χ2v) is 5.04. The molecular weight excluding hydrogens is 254 g/mol. The number of unbranched alkanes of at least 4 members (excludes halogenated alkanes) is 1. The fourth-order valence-corrected chi connectivity index (χ4v) is 2.29. The van der Waals surface area contributed by atoms with Gasteiger partial charge in [-0.05, 0) is 30.1 Å². The van der Waals surface area contributed by atoms with E-state index in [-0.39, 0.29) is 0 Å². The predicted octanol–water partition coefficient (Wildman–Crippen LogP) is 1.85. The maximum Gasteiger partial charge on any atom is 0.144 e. The molecule has 5 nitrogen and oxygen atoms in total. The molecule has 0 bridgehead atoms. The molecule has 0 radical (unpaired) electrons. The van der Waals surface area contributed by atoms with Crippen molar-refractivity contribution in [2.75, 3.05) is 37.8 Å². The lowest BCUT2D eigenvalue weighted by atomic mass is 10.1. The molecule has 0 aliphatic carbocycles. The molecule has 1 saturated heterocycles. The normalized spacial score (nSPS) is 15.2. The van der Waals surface area contributed by atoms with Crippen LogP contribution in [0.15, 0.2) is 17.2 Å². The lowest BCUT2D eigenvalue weighted by molar-refractivity contribution is -0.210. The van der Waals surface area contributed by atoms with Gasteiger partial charge in [0.05, 0.1) is 25.5 Å². The first kappa shape index (κ1) is 14.8. The van der Waals surface area contributed by atoms with Crippen molar-refractivity contribution in [3.05, 3.63) is 17.7 Å². The number of hydrogen-bond acceptors (Lipinski definition) is 4. The topological polar surface area (TPSA) is 59.7 Å². The first-order valence-electron chi connectivity index (χ1n) is 7.27. The number of rotatable bonds is 6. The van der Waals surface area contributed by atoms with Crippen LogP contribution in [0.25, 0.3) is 0 Å². The Labute approximate surface area is 120 Å². The lowest BCUT2D eigenvalue weighted by Gasteiger charge is -2.30. The summed E-state index contributed by atoms with van der Waals surface area (Å²) >= 11 is 0. The monoisotopic (exact) mass is 278 g/mol. The van der Waals surface area contributed by atoms with E-state index >= 15 is 0 Å². The first-order valence-corrected chi connectivity index (χ1v) is 7.27. The molecule has 5 heteroatoms. The van der Waals surface area contributed by atoms with Gasteiger partial charge in [-0.1, -0.05) is 13.3 Å². The number of anilines is 1. The zero-order valence-electron chi connectivity index (χ0n) is 12.4. The Morgan fingerprint density at radius 3 is 2.75 bits per heavy atom. The minimum Gasteiger partial charge on any atom is -0.491 e. The lowest BCUT2D eigenvalue weighted by Crippen LogP contribution is -2.36. The maximum absolute atomic E-state index is 5.93. The van der Waals surface area contributed by atoms with Crippen molar-refractivity contribution in [1.82, 2.24) is 0 Å². The van der Waals surface area contributed by atoms with Gasteiger partial charge in [0, 0.05) is 19.2 Å². The Hall–Kier alpha value is -1.62. The summed E-state index contributed by atoms with van der Waals surface area (Å²) in [6.45, 7) is 8.20. The Balaban J connectivity index is 2.25. The predicted molar refractivity (Wildman–Crippen MR) is 78.6 cm³/mol. The van der Waals surface area contributed by atoms with Crippen LogP contribution in [0.4, 0.5) is 11.4 Å². The molecule has 110 valence electrons. The van der Waals surface area contributed by atoms with Gasteiger partial charge >= 0.3 is 0 Å². The van der Waals surface area contributed by atoms with Gasteiger partial charge in [0.25, 0.3) is 0 Å². The summed E-state index contributed by atoms with van der Waals surface area (Å²) in [6.07, 6.45) is 2.17. The number of hydrogen-bond donors (Lipinski definition) is 1. The molecule has 0 spiro atoms. The summed E-state index contributed by atoms with van der Waals surface area (Å²) in [5.74, 6) is 0.871. The highest BCUT2D eigenvalue weighted by molar-refractivity contribution is 5.67. The summed E-state index contributed by atoms with van der Waals surface area (Å²) in [6, 6.07) is 4.05. The van der Waals surface area contributed by atoms with Crippen molar-refractivity contribution < 1.29 is 15.0 Å². The van der Waals surface area contributed by atoms with Crippen LogP contribution in [-0.4, -0.2) is 32.9 Å². The van der Waals surface area contributed by atoms with Crippen molar-refractivity contribution in [3.8, 4) is 5.75 Å². The van der Waals surface area contributed by atoms with E-state index in [2.05, 4.69) is 23.0 Å². The molecule has 0 amide bonds. The molecule has 0 saturated carbocycles. The van der Waals surface area contributed by atoms with E-state index in [4.69, 9.17) is 15.0 Å². The molecule has 1 aromatic rings. The molecular formula is C15H24N3O2+. The van der Waals surface area contributed by atoms with E-state index in [9.17, 15) is 0 Å².